The standard InChI is InChI=1S/C8H16O5Si/c1-5-13-8(9)6-7-14(10-2,11-3)12-4/h6-7H,5H2,1-4H3. The molecule has 0 bridgehead atoms. The van der Waals surface area contributed by atoms with Crippen LogP contribution in [0, 0.1) is 0 Å². The van der Waals surface area contributed by atoms with Crippen molar-refractivity contribution in [1.29, 1.82) is 0 Å². The molecule has 0 saturated carbocycles. The summed E-state index contributed by atoms with van der Waals surface area (Å²) in [4.78, 5) is 11.0. The second kappa shape index (κ2) is 6.72. The molecular weight excluding hydrogens is 204 g/mol. The molecule has 0 radical (unpaired) electrons. The van der Waals surface area contributed by atoms with Crippen molar-refractivity contribution in [3.8, 4) is 0 Å². The van der Waals surface area contributed by atoms with Crippen LogP contribution in [0.25, 0.3) is 0 Å². The summed E-state index contributed by atoms with van der Waals surface area (Å²) in [5.41, 5.74) is 1.48. The van der Waals surface area contributed by atoms with E-state index in [4.69, 9.17) is 18.0 Å². The molecule has 0 amide bonds. The highest BCUT2D eigenvalue weighted by Crippen LogP contribution is 2.07. The van der Waals surface area contributed by atoms with Crippen LogP contribution in [0.2, 0.25) is 0 Å². The lowest BCUT2D eigenvalue weighted by molar-refractivity contribution is -0.137. The molecule has 0 aromatic heterocycles. The zero-order valence-electron chi connectivity index (χ0n) is 8.90. The van der Waals surface area contributed by atoms with Crippen LogP contribution in [-0.4, -0.2) is 42.7 Å². The Morgan fingerprint density at radius 1 is 1.21 bits per heavy atom. The maximum atomic E-state index is 11.0. The van der Waals surface area contributed by atoms with Crippen LogP contribution >= 0.6 is 0 Å². The molecular formula is C8H16O5Si. The summed E-state index contributed by atoms with van der Waals surface area (Å²) in [6, 6.07) is 0. The first-order valence-electron chi connectivity index (χ1n) is 4.15. The van der Waals surface area contributed by atoms with E-state index in [-0.39, 0.29) is 0 Å². The van der Waals surface area contributed by atoms with Crippen LogP contribution in [0.3, 0.4) is 0 Å². The number of rotatable bonds is 6. The lowest BCUT2D eigenvalue weighted by atomic mass is 10.6. The topological polar surface area (TPSA) is 54.0 Å². The summed E-state index contributed by atoms with van der Waals surface area (Å²) >= 11 is 0. The second-order valence-electron chi connectivity index (χ2n) is 2.30. The molecule has 0 aliphatic carbocycles. The van der Waals surface area contributed by atoms with Gasteiger partial charge < -0.3 is 18.0 Å². The zero-order chi connectivity index (χ0) is 11.0. The fourth-order valence-electron chi connectivity index (χ4n) is 0.815. The van der Waals surface area contributed by atoms with Gasteiger partial charge in [-0.3, -0.25) is 0 Å². The van der Waals surface area contributed by atoms with Crippen molar-refractivity contribution in [2.45, 2.75) is 6.92 Å². The summed E-state index contributed by atoms with van der Waals surface area (Å²) in [5, 5.41) is 0. The van der Waals surface area contributed by atoms with Crippen molar-refractivity contribution in [2.75, 3.05) is 27.9 Å². The number of hydrogen-bond donors (Lipinski definition) is 0. The minimum absolute atomic E-state index is 0.338. The van der Waals surface area contributed by atoms with Crippen molar-refractivity contribution >= 4 is 14.8 Å². The molecule has 14 heavy (non-hydrogen) atoms. The highest BCUT2D eigenvalue weighted by molar-refractivity contribution is 6.66. The number of ether oxygens (including phenoxy) is 1. The Morgan fingerprint density at radius 3 is 2.07 bits per heavy atom. The largest absolute Gasteiger partial charge is 0.529 e. The van der Waals surface area contributed by atoms with Gasteiger partial charge >= 0.3 is 14.8 Å². The first-order chi connectivity index (χ1) is 6.64. The maximum absolute atomic E-state index is 11.0. The summed E-state index contributed by atoms with van der Waals surface area (Å²) in [6.07, 6.45) is 1.26. The predicted molar refractivity (Wildman–Crippen MR) is 52.6 cm³/mol. The number of esters is 1. The van der Waals surface area contributed by atoms with Gasteiger partial charge in [-0.2, -0.15) is 0 Å². The van der Waals surface area contributed by atoms with Crippen molar-refractivity contribution in [2.24, 2.45) is 0 Å². The van der Waals surface area contributed by atoms with Crippen molar-refractivity contribution in [3.63, 3.8) is 0 Å². The van der Waals surface area contributed by atoms with E-state index in [1.807, 2.05) is 0 Å². The predicted octanol–water partition coefficient (Wildman–Crippen LogP) is 0.523. The Balaban J connectivity index is 4.35. The molecule has 0 atom stereocenters. The van der Waals surface area contributed by atoms with Gasteiger partial charge in [-0.05, 0) is 12.6 Å². The third kappa shape index (κ3) is 4.01. The summed E-state index contributed by atoms with van der Waals surface area (Å²) in [7, 11) is 1.61. The van der Waals surface area contributed by atoms with E-state index >= 15 is 0 Å². The molecule has 5 nitrogen and oxygen atoms in total. The molecule has 0 unspecified atom stereocenters. The van der Waals surface area contributed by atoms with E-state index < -0.39 is 14.8 Å². The fourth-order valence-corrected chi connectivity index (χ4v) is 2.06. The molecule has 0 spiro atoms. The molecule has 0 aliphatic rings. The van der Waals surface area contributed by atoms with E-state index in [1.54, 1.807) is 6.92 Å². The Kier molecular flexibility index (Phi) is 6.38. The zero-order valence-corrected chi connectivity index (χ0v) is 9.90. The number of carbonyl (C=O) groups excluding carboxylic acids is 1. The van der Waals surface area contributed by atoms with Crippen molar-refractivity contribution < 1.29 is 22.8 Å². The van der Waals surface area contributed by atoms with Gasteiger partial charge in [-0.1, -0.05) is 0 Å². The molecule has 6 heteroatoms. The number of hydrogen-bond acceptors (Lipinski definition) is 5. The van der Waals surface area contributed by atoms with Gasteiger partial charge in [0.1, 0.15) is 0 Å². The van der Waals surface area contributed by atoms with Crippen LogP contribution in [0.4, 0.5) is 0 Å². The van der Waals surface area contributed by atoms with Gasteiger partial charge in [0.25, 0.3) is 0 Å². The van der Waals surface area contributed by atoms with E-state index in [1.165, 1.54) is 33.1 Å². The van der Waals surface area contributed by atoms with Gasteiger partial charge in [-0.25, -0.2) is 4.79 Å². The van der Waals surface area contributed by atoms with Crippen LogP contribution in [0.15, 0.2) is 11.8 Å². The molecule has 0 rings (SSSR count). The molecule has 0 aromatic rings. The molecule has 0 heterocycles. The third-order valence-corrected chi connectivity index (χ3v) is 3.85. The van der Waals surface area contributed by atoms with E-state index in [2.05, 4.69) is 0 Å². The highest BCUT2D eigenvalue weighted by atomic mass is 28.4. The van der Waals surface area contributed by atoms with Gasteiger partial charge in [0.2, 0.25) is 0 Å². The average Bonchev–Trinajstić information content (AvgIpc) is 2.21. The van der Waals surface area contributed by atoms with Crippen LogP contribution in [0.1, 0.15) is 6.92 Å². The smallest absolute Gasteiger partial charge is 0.463 e. The van der Waals surface area contributed by atoms with Gasteiger partial charge in [0.05, 0.1) is 6.61 Å². The van der Waals surface area contributed by atoms with Crippen LogP contribution in [-0.2, 0) is 22.8 Å². The number of carbonyl (C=O) groups is 1. The summed E-state index contributed by atoms with van der Waals surface area (Å²) in [5.74, 6) is -0.435. The lowest BCUT2D eigenvalue weighted by Crippen LogP contribution is -2.41. The van der Waals surface area contributed by atoms with E-state index in [0.717, 1.165) is 0 Å². The molecule has 82 valence electrons. The molecule has 0 aliphatic heterocycles. The minimum Gasteiger partial charge on any atom is -0.463 e. The highest BCUT2D eigenvalue weighted by Gasteiger charge is 2.34. The molecule has 0 aromatic carbocycles. The van der Waals surface area contributed by atoms with Gasteiger partial charge in [0, 0.05) is 27.4 Å². The Bertz CT molecular complexity index is 192. The van der Waals surface area contributed by atoms with Crippen LogP contribution in [0.5, 0.6) is 0 Å². The monoisotopic (exact) mass is 220 g/mol. The first kappa shape index (κ1) is 13.3. The Morgan fingerprint density at radius 2 is 1.71 bits per heavy atom. The molecule has 0 saturated heterocycles. The fraction of sp³-hybridized carbons (Fsp3) is 0.625. The van der Waals surface area contributed by atoms with Crippen molar-refractivity contribution in [1.82, 2.24) is 0 Å². The summed E-state index contributed by atoms with van der Waals surface area (Å²) < 4.78 is 19.9. The lowest BCUT2D eigenvalue weighted by Gasteiger charge is -2.19. The SMILES string of the molecule is CCOC(=O)C=C[Si](OC)(OC)OC. The third-order valence-electron chi connectivity index (χ3n) is 1.56. The van der Waals surface area contributed by atoms with Crippen LogP contribution < -0.4 is 0 Å². The normalized spacial score (nSPS) is 12.0. The minimum atomic E-state index is -2.79. The second-order valence-corrected chi connectivity index (χ2v) is 5.07. The van der Waals surface area contributed by atoms with E-state index in [0.29, 0.717) is 6.61 Å². The van der Waals surface area contributed by atoms with E-state index in [9.17, 15) is 4.79 Å². The first-order valence-corrected chi connectivity index (χ1v) is 5.95. The molecule has 0 N–H and O–H groups in total. The van der Waals surface area contributed by atoms with Gasteiger partial charge in [-0.15, -0.1) is 0 Å². The van der Waals surface area contributed by atoms with Gasteiger partial charge in [0.15, 0.2) is 0 Å². The summed E-state index contributed by atoms with van der Waals surface area (Å²) in [6.45, 7) is 2.07. The molecule has 0 fully saturated rings. The Hall–Kier alpha value is -0.693. The van der Waals surface area contributed by atoms with Crippen molar-refractivity contribution in [3.05, 3.63) is 11.8 Å². The Labute approximate surface area is 85.0 Å². The maximum Gasteiger partial charge on any atom is 0.529 e. The average molecular weight is 220 g/mol. The quantitative estimate of drug-likeness (QED) is 0.371.